The number of benzene rings is 1. The molecule has 0 bridgehead atoms. The highest BCUT2D eigenvalue weighted by Gasteiger charge is 2.19. The minimum absolute atomic E-state index is 0.625. The van der Waals surface area contributed by atoms with Crippen molar-refractivity contribution in [1.29, 1.82) is 0 Å². The van der Waals surface area contributed by atoms with E-state index in [0.717, 1.165) is 13.1 Å². The number of rotatable bonds is 5. The van der Waals surface area contributed by atoms with Crippen molar-refractivity contribution in [3.63, 3.8) is 0 Å². The summed E-state index contributed by atoms with van der Waals surface area (Å²) in [5, 5.41) is 0. The topological polar surface area (TPSA) is 15.6 Å². The van der Waals surface area contributed by atoms with Crippen LogP contribution in [0, 0.1) is 0 Å². The largest absolute Gasteiger partial charge is 0.354 e. The fraction of sp³-hybridized carbons (Fsp3) is 0.500. The van der Waals surface area contributed by atoms with E-state index in [1.165, 1.54) is 24.8 Å². The van der Waals surface area contributed by atoms with Gasteiger partial charge in [0.2, 0.25) is 0 Å². The second-order valence-corrected chi connectivity index (χ2v) is 4.43. The quantitative estimate of drug-likeness (QED) is 0.738. The van der Waals surface area contributed by atoms with Crippen molar-refractivity contribution in [2.45, 2.75) is 38.8 Å². The molecule has 1 atom stereocenters. The third-order valence-electron chi connectivity index (χ3n) is 3.11. The van der Waals surface area contributed by atoms with Gasteiger partial charge in [0, 0.05) is 12.6 Å². The molecule has 2 heteroatoms. The van der Waals surface area contributed by atoms with Crippen molar-refractivity contribution < 1.29 is 0 Å². The number of unbranched alkanes of at least 4 members (excludes halogenated alkanes) is 1. The minimum Gasteiger partial charge on any atom is -0.354 e. The number of nitrogens with zero attached hydrogens (tertiary/aromatic N) is 2. The van der Waals surface area contributed by atoms with Gasteiger partial charge in [-0.05, 0) is 12.0 Å². The average molecular weight is 216 g/mol. The van der Waals surface area contributed by atoms with Crippen LogP contribution >= 0.6 is 0 Å². The van der Waals surface area contributed by atoms with Gasteiger partial charge in [0.05, 0.1) is 12.9 Å². The van der Waals surface area contributed by atoms with Gasteiger partial charge in [0.25, 0.3) is 0 Å². The average Bonchev–Trinajstić information content (AvgIpc) is 2.75. The summed E-state index contributed by atoms with van der Waals surface area (Å²) >= 11 is 0. The highest BCUT2D eigenvalue weighted by Crippen LogP contribution is 2.15. The molecule has 0 saturated heterocycles. The molecule has 0 spiro atoms. The van der Waals surface area contributed by atoms with Crippen LogP contribution < -0.4 is 0 Å². The lowest BCUT2D eigenvalue weighted by atomic mass is 10.1. The molecule has 16 heavy (non-hydrogen) atoms. The van der Waals surface area contributed by atoms with Crippen LogP contribution in [0.3, 0.4) is 0 Å². The van der Waals surface area contributed by atoms with E-state index in [0.29, 0.717) is 6.04 Å². The zero-order valence-corrected chi connectivity index (χ0v) is 9.97. The Morgan fingerprint density at radius 2 is 2.12 bits per heavy atom. The van der Waals surface area contributed by atoms with Gasteiger partial charge in [-0.3, -0.25) is 4.99 Å². The van der Waals surface area contributed by atoms with Gasteiger partial charge in [-0.2, -0.15) is 0 Å². The molecule has 0 amide bonds. The van der Waals surface area contributed by atoms with E-state index in [2.05, 4.69) is 47.1 Å². The molecule has 0 N–H and O–H groups in total. The van der Waals surface area contributed by atoms with E-state index in [-0.39, 0.29) is 0 Å². The van der Waals surface area contributed by atoms with Gasteiger partial charge >= 0.3 is 0 Å². The van der Waals surface area contributed by atoms with E-state index in [1.54, 1.807) is 0 Å². The van der Waals surface area contributed by atoms with Gasteiger partial charge in [-0.1, -0.05) is 50.1 Å². The molecule has 0 aromatic heterocycles. The summed E-state index contributed by atoms with van der Waals surface area (Å²) in [6.45, 7) is 4.23. The van der Waals surface area contributed by atoms with Crippen molar-refractivity contribution in [3.05, 3.63) is 35.9 Å². The Morgan fingerprint density at radius 1 is 1.31 bits per heavy atom. The second kappa shape index (κ2) is 5.69. The van der Waals surface area contributed by atoms with Gasteiger partial charge in [-0.15, -0.1) is 0 Å². The summed E-state index contributed by atoms with van der Waals surface area (Å²) in [5.74, 6) is 0. The Morgan fingerprint density at radius 3 is 2.88 bits per heavy atom. The van der Waals surface area contributed by atoms with Crippen molar-refractivity contribution in [2.75, 3.05) is 6.54 Å². The first-order chi connectivity index (χ1) is 7.90. The lowest BCUT2D eigenvalue weighted by Crippen LogP contribution is -2.30. The zero-order chi connectivity index (χ0) is 11.2. The fourth-order valence-corrected chi connectivity index (χ4v) is 2.13. The lowest BCUT2D eigenvalue weighted by Gasteiger charge is -2.24. The SMILES string of the molecule is CCCCC1CN=CN1Cc1ccccc1. The molecule has 0 radical (unpaired) electrons. The second-order valence-electron chi connectivity index (χ2n) is 4.43. The molecule has 1 unspecified atom stereocenters. The third-order valence-corrected chi connectivity index (χ3v) is 3.11. The first-order valence-corrected chi connectivity index (χ1v) is 6.19. The molecule has 86 valence electrons. The van der Waals surface area contributed by atoms with Crippen LogP contribution in [0.1, 0.15) is 31.7 Å². The Balaban J connectivity index is 1.91. The van der Waals surface area contributed by atoms with Gasteiger partial charge in [0.15, 0.2) is 0 Å². The maximum absolute atomic E-state index is 4.40. The summed E-state index contributed by atoms with van der Waals surface area (Å²) < 4.78 is 0. The summed E-state index contributed by atoms with van der Waals surface area (Å²) in [4.78, 5) is 6.78. The summed E-state index contributed by atoms with van der Waals surface area (Å²) in [6, 6.07) is 11.3. The van der Waals surface area contributed by atoms with Crippen LogP contribution in [-0.4, -0.2) is 23.8 Å². The summed E-state index contributed by atoms with van der Waals surface area (Å²) in [6.07, 6.45) is 5.87. The van der Waals surface area contributed by atoms with Crippen LogP contribution in [-0.2, 0) is 6.54 Å². The molecular weight excluding hydrogens is 196 g/mol. The zero-order valence-electron chi connectivity index (χ0n) is 9.97. The Labute approximate surface area is 98.0 Å². The van der Waals surface area contributed by atoms with Crippen molar-refractivity contribution >= 4 is 6.34 Å². The van der Waals surface area contributed by atoms with E-state index in [1.807, 2.05) is 6.34 Å². The molecule has 1 heterocycles. The molecular formula is C14H20N2. The molecule has 2 nitrogen and oxygen atoms in total. The van der Waals surface area contributed by atoms with Gasteiger partial charge in [0.1, 0.15) is 0 Å². The molecule has 1 aliphatic rings. The van der Waals surface area contributed by atoms with E-state index in [9.17, 15) is 0 Å². The molecule has 1 aromatic carbocycles. The van der Waals surface area contributed by atoms with E-state index < -0.39 is 0 Å². The summed E-state index contributed by atoms with van der Waals surface area (Å²) in [5.41, 5.74) is 1.37. The fourth-order valence-electron chi connectivity index (χ4n) is 2.13. The highest BCUT2D eigenvalue weighted by atomic mass is 15.2. The number of hydrogen-bond acceptors (Lipinski definition) is 2. The smallest absolute Gasteiger partial charge is 0.0856 e. The number of aliphatic imine (C=N–C) groups is 1. The van der Waals surface area contributed by atoms with Crippen LogP contribution in [0.2, 0.25) is 0 Å². The molecule has 0 fully saturated rings. The Hall–Kier alpha value is -1.31. The van der Waals surface area contributed by atoms with E-state index in [4.69, 9.17) is 0 Å². The summed E-state index contributed by atoms with van der Waals surface area (Å²) in [7, 11) is 0. The molecule has 0 saturated carbocycles. The Bertz CT molecular complexity index is 332. The van der Waals surface area contributed by atoms with Gasteiger partial charge < -0.3 is 4.90 Å². The standard InChI is InChI=1S/C14H20N2/c1-2-3-9-14-10-15-12-16(14)11-13-7-5-4-6-8-13/h4-8,12,14H,2-3,9-11H2,1H3. The van der Waals surface area contributed by atoms with Crippen molar-refractivity contribution in [2.24, 2.45) is 4.99 Å². The first-order valence-electron chi connectivity index (χ1n) is 6.19. The first kappa shape index (κ1) is 11.2. The van der Waals surface area contributed by atoms with E-state index >= 15 is 0 Å². The Kier molecular flexibility index (Phi) is 3.97. The third kappa shape index (κ3) is 2.84. The van der Waals surface area contributed by atoms with Crippen LogP contribution in [0.15, 0.2) is 35.3 Å². The highest BCUT2D eigenvalue weighted by molar-refractivity contribution is 5.58. The predicted octanol–water partition coefficient (Wildman–Crippen LogP) is 3.09. The van der Waals surface area contributed by atoms with Gasteiger partial charge in [-0.25, -0.2) is 0 Å². The minimum atomic E-state index is 0.625. The van der Waals surface area contributed by atoms with Crippen molar-refractivity contribution in [3.8, 4) is 0 Å². The number of hydrogen-bond donors (Lipinski definition) is 0. The maximum Gasteiger partial charge on any atom is 0.0856 e. The normalized spacial score (nSPS) is 19.3. The molecule has 1 aliphatic heterocycles. The molecule has 0 aliphatic carbocycles. The van der Waals surface area contributed by atoms with Crippen LogP contribution in [0.5, 0.6) is 0 Å². The lowest BCUT2D eigenvalue weighted by molar-refractivity contribution is 0.320. The molecule has 1 aromatic rings. The predicted molar refractivity (Wildman–Crippen MR) is 68.7 cm³/mol. The van der Waals surface area contributed by atoms with Crippen LogP contribution in [0.25, 0.3) is 0 Å². The maximum atomic E-state index is 4.40. The van der Waals surface area contributed by atoms with Crippen LogP contribution in [0.4, 0.5) is 0 Å². The molecule has 2 rings (SSSR count). The van der Waals surface area contributed by atoms with Crippen molar-refractivity contribution in [1.82, 2.24) is 4.90 Å². The monoisotopic (exact) mass is 216 g/mol.